The highest BCUT2D eigenvalue weighted by atomic mass is 16.6. The monoisotopic (exact) mass is 379 g/mol. The summed E-state index contributed by atoms with van der Waals surface area (Å²) in [5.41, 5.74) is 4.33. The minimum absolute atomic E-state index is 0.172. The minimum atomic E-state index is -1.28. The molecule has 0 unspecified atom stereocenters. The first-order valence-electron chi connectivity index (χ1n) is 8.77. The van der Waals surface area contributed by atoms with Crippen LogP contribution >= 0.6 is 0 Å². The lowest BCUT2D eigenvalue weighted by molar-refractivity contribution is -0.124. The lowest BCUT2D eigenvalue weighted by Crippen LogP contribution is -2.56. The summed E-state index contributed by atoms with van der Waals surface area (Å²) < 4.78 is 10.3. The molecule has 8 nitrogen and oxygen atoms in total. The van der Waals surface area contributed by atoms with Crippen LogP contribution in [0, 0.1) is 0 Å². The van der Waals surface area contributed by atoms with Gasteiger partial charge < -0.3 is 25.8 Å². The minimum Gasteiger partial charge on any atom is -0.445 e. The number of carbonyl (C=O) groups excluding carboxylic acids is 3. The molecule has 1 aromatic rings. The number of alkyl carbamates (subject to hydrolysis) is 2. The van der Waals surface area contributed by atoms with Gasteiger partial charge in [0.05, 0.1) is 0 Å². The van der Waals surface area contributed by atoms with E-state index in [2.05, 4.69) is 10.6 Å². The van der Waals surface area contributed by atoms with Crippen molar-refractivity contribution in [1.29, 1.82) is 0 Å². The van der Waals surface area contributed by atoms with Crippen molar-refractivity contribution in [1.82, 2.24) is 10.6 Å². The molecule has 0 radical (unpaired) electrons. The zero-order valence-corrected chi connectivity index (χ0v) is 16.3. The average molecular weight is 379 g/mol. The van der Waals surface area contributed by atoms with Gasteiger partial charge in [0, 0.05) is 6.54 Å². The van der Waals surface area contributed by atoms with Crippen LogP contribution in [0.5, 0.6) is 0 Å². The molecule has 0 bridgehead atoms. The van der Waals surface area contributed by atoms with Gasteiger partial charge in [-0.3, -0.25) is 4.79 Å². The number of hydrogen-bond acceptors (Lipinski definition) is 5. The summed E-state index contributed by atoms with van der Waals surface area (Å²) in [7, 11) is 0. The number of ether oxygens (including phenoxy) is 2. The number of nitrogens with one attached hydrogen (secondary N) is 2. The van der Waals surface area contributed by atoms with Crippen LogP contribution in [0.15, 0.2) is 30.3 Å². The fraction of sp³-hybridized carbons (Fsp3) is 0.526. The van der Waals surface area contributed by atoms with Crippen LogP contribution in [0.1, 0.15) is 46.1 Å². The molecule has 8 heteroatoms. The molecule has 0 aliphatic heterocycles. The predicted molar refractivity (Wildman–Crippen MR) is 101 cm³/mol. The average Bonchev–Trinajstić information content (AvgIpc) is 2.56. The van der Waals surface area contributed by atoms with Gasteiger partial charge in [0.25, 0.3) is 0 Å². The highest BCUT2D eigenvalue weighted by Gasteiger charge is 2.34. The van der Waals surface area contributed by atoms with E-state index in [4.69, 9.17) is 15.2 Å². The van der Waals surface area contributed by atoms with Crippen LogP contribution in [0.3, 0.4) is 0 Å². The second kappa shape index (κ2) is 9.80. The first-order chi connectivity index (χ1) is 12.5. The molecule has 0 spiro atoms. The Labute approximate surface area is 159 Å². The number of hydrogen-bond donors (Lipinski definition) is 3. The Morgan fingerprint density at radius 3 is 2.22 bits per heavy atom. The summed E-state index contributed by atoms with van der Waals surface area (Å²) in [6, 6.07) is 9.31. The van der Waals surface area contributed by atoms with Crippen molar-refractivity contribution in [3.8, 4) is 0 Å². The molecule has 1 aromatic carbocycles. The molecule has 0 saturated heterocycles. The summed E-state index contributed by atoms with van der Waals surface area (Å²) >= 11 is 0. The normalized spacial score (nSPS) is 13.2. The molecular formula is C19H29N3O5. The van der Waals surface area contributed by atoms with Gasteiger partial charge in [-0.05, 0) is 46.1 Å². The largest absolute Gasteiger partial charge is 0.445 e. The van der Waals surface area contributed by atoms with Crippen LogP contribution in [0.4, 0.5) is 9.59 Å². The maximum atomic E-state index is 11.9. The van der Waals surface area contributed by atoms with Gasteiger partial charge in [-0.15, -0.1) is 0 Å². The van der Waals surface area contributed by atoms with Crippen molar-refractivity contribution in [3.63, 3.8) is 0 Å². The highest BCUT2D eigenvalue weighted by Crippen LogP contribution is 2.14. The Hall–Kier alpha value is -2.77. The van der Waals surface area contributed by atoms with E-state index in [-0.39, 0.29) is 19.6 Å². The second-order valence-corrected chi connectivity index (χ2v) is 7.42. The fourth-order valence-corrected chi connectivity index (χ4v) is 2.18. The molecule has 1 rings (SSSR count). The molecule has 3 amide bonds. The van der Waals surface area contributed by atoms with E-state index in [0.29, 0.717) is 6.42 Å². The van der Waals surface area contributed by atoms with E-state index in [1.165, 1.54) is 6.92 Å². The standard InChI is InChI=1S/C19H29N3O5/c1-18(2,3)27-17(25)22-19(4,15(20)23)11-8-12-21-16(24)26-13-14-9-6-5-7-10-14/h5-7,9-10H,8,11-13H2,1-4H3,(H2,20,23)(H,21,24)(H,22,25)/t19-/m1/s1. The molecule has 27 heavy (non-hydrogen) atoms. The zero-order chi connectivity index (χ0) is 20.5. The van der Waals surface area contributed by atoms with Gasteiger partial charge >= 0.3 is 12.2 Å². The molecule has 0 saturated carbocycles. The number of primary amides is 1. The SMILES string of the molecule is CC(C)(C)OC(=O)N[C@](C)(CCCNC(=O)OCc1ccccc1)C(N)=O. The highest BCUT2D eigenvalue weighted by molar-refractivity contribution is 5.88. The van der Waals surface area contributed by atoms with Gasteiger partial charge in [-0.1, -0.05) is 30.3 Å². The lowest BCUT2D eigenvalue weighted by Gasteiger charge is -2.29. The van der Waals surface area contributed by atoms with Crippen molar-refractivity contribution in [2.75, 3.05) is 6.54 Å². The topological polar surface area (TPSA) is 120 Å². The maximum Gasteiger partial charge on any atom is 0.408 e. The Morgan fingerprint density at radius 1 is 1.04 bits per heavy atom. The number of nitrogens with two attached hydrogens (primary N) is 1. The number of amides is 3. The number of rotatable bonds is 8. The van der Waals surface area contributed by atoms with E-state index in [0.717, 1.165) is 5.56 Å². The third-order valence-electron chi connectivity index (χ3n) is 3.66. The predicted octanol–water partition coefficient (Wildman–Crippen LogP) is 2.46. The smallest absolute Gasteiger partial charge is 0.408 e. The van der Waals surface area contributed by atoms with Crippen LogP contribution in [0.2, 0.25) is 0 Å². The Bertz CT molecular complexity index is 642. The maximum absolute atomic E-state index is 11.9. The van der Waals surface area contributed by atoms with Crippen molar-refractivity contribution in [2.24, 2.45) is 5.73 Å². The molecular weight excluding hydrogens is 350 g/mol. The summed E-state index contributed by atoms with van der Waals surface area (Å²) in [4.78, 5) is 35.4. The molecule has 150 valence electrons. The number of carbonyl (C=O) groups is 3. The molecule has 0 aliphatic carbocycles. The first kappa shape index (κ1) is 22.3. The van der Waals surface area contributed by atoms with Crippen LogP contribution in [0.25, 0.3) is 0 Å². The van der Waals surface area contributed by atoms with Gasteiger partial charge in [0.1, 0.15) is 17.7 Å². The van der Waals surface area contributed by atoms with Gasteiger partial charge in [0.15, 0.2) is 0 Å². The zero-order valence-electron chi connectivity index (χ0n) is 16.3. The number of benzene rings is 1. The Balaban J connectivity index is 2.38. The molecule has 0 fully saturated rings. The van der Waals surface area contributed by atoms with Crippen molar-refractivity contribution in [2.45, 2.75) is 58.3 Å². The van der Waals surface area contributed by atoms with E-state index in [9.17, 15) is 14.4 Å². The molecule has 1 atom stereocenters. The lowest BCUT2D eigenvalue weighted by atomic mass is 9.95. The van der Waals surface area contributed by atoms with Crippen LogP contribution in [-0.4, -0.2) is 35.8 Å². The van der Waals surface area contributed by atoms with E-state index >= 15 is 0 Å². The van der Waals surface area contributed by atoms with Gasteiger partial charge in [0.2, 0.25) is 5.91 Å². The molecule has 0 heterocycles. The fourth-order valence-electron chi connectivity index (χ4n) is 2.18. The second-order valence-electron chi connectivity index (χ2n) is 7.42. The Morgan fingerprint density at radius 2 is 1.67 bits per heavy atom. The van der Waals surface area contributed by atoms with Crippen LogP contribution < -0.4 is 16.4 Å². The summed E-state index contributed by atoms with van der Waals surface area (Å²) in [6.45, 7) is 7.13. The van der Waals surface area contributed by atoms with Crippen molar-refractivity contribution in [3.05, 3.63) is 35.9 Å². The van der Waals surface area contributed by atoms with Crippen molar-refractivity contribution >= 4 is 18.1 Å². The molecule has 0 aromatic heterocycles. The first-order valence-corrected chi connectivity index (χ1v) is 8.77. The summed E-state index contributed by atoms with van der Waals surface area (Å²) in [5.74, 6) is -0.681. The Kier molecular flexibility index (Phi) is 8.08. The quantitative estimate of drug-likeness (QED) is 0.599. The summed E-state index contributed by atoms with van der Waals surface area (Å²) in [5, 5.41) is 5.10. The van der Waals surface area contributed by atoms with Gasteiger partial charge in [-0.25, -0.2) is 9.59 Å². The van der Waals surface area contributed by atoms with Crippen LogP contribution in [-0.2, 0) is 20.9 Å². The van der Waals surface area contributed by atoms with E-state index in [1.54, 1.807) is 20.8 Å². The third kappa shape index (κ3) is 8.94. The molecule has 0 aliphatic rings. The summed E-state index contributed by atoms with van der Waals surface area (Å²) in [6.07, 6.45) is -0.630. The van der Waals surface area contributed by atoms with Crippen molar-refractivity contribution < 1.29 is 23.9 Å². The van der Waals surface area contributed by atoms with E-state index < -0.39 is 29.2 Å². The van der Waals surface area contributed by atoms with Gasteiger partial charge in [-0.2, -0.15) is 0 Å². The van der Waals surface area contributed by atoms with E-state index in [1.807, 2.05) is 30.3 Å². The third-order valence-corrected chi connectivity index (χ3v) is 3.66. The molecule has 4 N–H and O–H groups in total.